The molecule has 0 aromatic heterocycles. The number of carbonyl (C=O) groups is 1. The molecule has 23 heavy (non-hydrogen) atoms. The Balaban J connectivity index is 1.97. The molecule has 2 aromatic carbocycles. The van der Waals surface area contributed by atoms with Crippen molar-refractivity contribution >= 4 is 11.6 Å². The largest absolute Gasteiger partial charge is 0.495 e. The first-order valence-corrected chi connectivity index (χ1v) is 7.36. The molecule has 0 spiro atoms. The molecule has 0 saturated carbocycles. The molecule has 1 N–H and O–H groups in total. The van der Waals surface area contributed by atoms with Crippen molar-refractivity contribution in [1.82, 2.24) is 4.90 Å². The minimum absolute atomic E-state index is 0.158. The fourth-order valence-corrected chi connectivity index (χ4v) is 2.33. The summed E-state index contributed by atoms with van der Waals surface area (Å²) in [4.78, 5) is 13.9. The van der Waals surface area contributed by atoms with E-state index in [2.05, 4.69) is 5.32 Å². The van der Waals surface area contributed by atoms with Crippen LogP contribution >= 0.6 is 0 Å². The predicted octanol–water partition coefficient (Wildman–Crippen LogP) is 3.21. The van der Waals surface area contributed by atoms with Gasteiger partial charge < -0.3 is 10.1 Å². The van der Waals surface area contributed by atoms with Gasteiger partial charge in [-0.2, -0.15) is 0 Å². The van der Waals surface area contributed by atoms with Crippen molar-refractivity contribution in [1.29, 1.82) is 0 Å². The number of carbonyl (C=O) groups excluding carboxylic acids is 1. The normalized spacial score (nSPS) is 10.7. The van der Waals surface area contributed by atoms with Crippen LogP contribution in [0.25, 0.3) is 0 Å². The van der Waals surface area contributed by atoms with Gasteiger partial charge in [0.1, 0.15) is 11.6 Å². The van der Waals surface area contributed by atoms with E-state index in [4.69, 9.17) is 4.74 Å². The van der Waals surface area contributed by atoms with Crippen molar-refractivity contribution in [3.8, 4) is 5.75 Å². The molecule has 0 bridgehead atoms. The molecule has 0 fully saturated rings. The van der Waals surface area contributed by atoms with Crippen LogP contribution in [0.3, 0.4) is 0 Å². The van der Waals surface area contributed by atoms with E-state index >= 15 is 0 Å². The third-order valence-corrected chi connectivity index (χ3v) is 3.44. The zero-order valence-electron chi connectivity index (χ0n) is 13.6. The minimum Gasteiger partial charge on any atom is -0.495 e. The molecule has 0 aliphatic rings. The third-order valence-electron chi connectivity index (χ3n) is 3.44. The Morgan fingerprint density at radius 2 is 2.00 bits per heavy atom. The summed E-state index contributed by atoms with van der Waals surface area (Å²) in [5.74, 6) is 0.175. The Kier molecular flexibility index (Phi) is 5.71. The number of benzene rings is 2. The Hall–Kier alpha value is -2.40. The van der Waals surface area contributed by atoms with Gasteiger partial charge in [-0.1, -0.05) is 24.3 Å². The van der Waals surface area contributed by atoms with E-state index in [1.807, 2.05) is 25.1 Å². The van der Waals surface area contributed by atoms with Crippen LogP contribution in [-0.2, 0) is 11.3 Å². The number of rotatable bonds is 6. The van der Waals surface area contributed by atoms with Gasteiger partial charge in [0.15, 0.2) is 0 Å². The van der Waals surface area contributed by atoms with Gasteiger partial charge in [-0.15, -0.1) is 0 Å². The Bertz CT molecular complexity index is 688. The smallest absolute Gasteiger partial charge is 0.238 e. The highest BCUT2D eigenvalue weighted by molar-refractivity contribution is 5.93. The number of anilines is 1. The van der Waals surface area contributed by atoms with Crippen molar-refractivity contribution < 1.29 is 13.9 Å². The van der Waals surface area contributed by atoms with Crippen LogP contribution in [0.2, 0.25) is 0 Å². The summed E-state index contributed by atoms with van der Waals surface area (Å²) in [6.45, 7) is 2.47. The summed E-state index contributed by atoms with van der Waals surface area (Å²) >= 11 is 0. The number of aryl methyl sites for hydroxylation is 1. The topological polar surface area (TPSA) is 41.6 Å². The second-order valence-electron chi connectivity index (χ2n) is 5.52. The van der Waals surface area contributed by atoms with Crippen LogP contribution in [0.4, 0.5) is 10.1 Å². The second kappa shape index (κ2) is 7.74. The number of nitrogens with zero attached hydrogens (tertiary/aromatic N) is 1. The van der Waals surface area contributed by atoms with Gasteiger partial charge in [-0.25, -0.2) is 4.39 Å². The molecule has 5 heteroatoms. The quantitative estimate of drug-likeness (QED) is 0.890. The number of methoxy groups -OCH3 is 1. The zero-order chi connectivity index (χ0) is 16.8. The summed E-state index contributed by atoms with van der Waals surface area (Å²) in [6, 6.07) is 12.1. The lowest BCUT2D eigenvalue weighted by Crippen LogP contribution is -2.30. The third kappa shape index (κ3) is 4.79. The van der Waals surface area contributed by atoms with Crippen LogP contribution in [0.1, 0.15) is 11.1 Å². The van der Waals surface area contributed by atoms with Crippen LogP contribution in [0.5, 0.6) is 5.75 Å². The number of hydrogen-bond acceptors (Lipinski definition) is 3. The number of likely N-dealkylation sites (N-methyl/N-ethyl adjacent to an activating group) is 1. The number of hydrogen-bond donors (Lipinski definition) is 1. The van der Waals surface area contributed by atoms with Crippen molar-refractivity contribution in [2.24, 2.45) is 0 Å². The fraction of sp³-hybridized carbons (Fsp3) is 0.278. The standard InChI is InChI=1S/C18H21FN2O2/c1-13-8-9-17(23-3)16(10-13)20-18(22)12-21(2)11-14-6-4-5-7-15(14)19/h4-10H,11-12H2,1-3H3,(H,20,22). The van der Waals surface area contributed by atoms with Crippen LogP contribution in [0, 0.1) is 12.7 Å². The van der Waals surface area contributed by atoms with Crippen molar-refractivity contribution in [2.45, 2.75) is 13.5 Å². The maximum atomic E-state index is 13.6. The minimum atomic E-state index is -0.264. The molecule has 0 heterocycles. The number of nitrogens with one attached hydrogen (secondary N) is 1. The molecule has 122 valence electrons. The lowest BCUT2D eigenvalue weighted by Gasteiger charge is -2.17. The number of halogens is 1. The van der Waals surface area contributed by atoms with Crippen molar-refractivity contribution in [2.75, 3.05) is 26.0 Å². The van der Waals surface area contributed by atoms with Gasteiger partial charge >= 0.3 is 0 Å². The lowest BCUT2D eigenvalue weighted by molar-refractivity contribution is -0.117. The molecule has 0 atom stereocenters. The van der Waals surface area contributed by atoms with E-state index in [0.29, 0.717) is 23.5 Å². The van der Waals surface area contributed by atoms with E-state index < -0.39 is 0 Å². The summed E-state index contributed by atoms with van der Waals surface area (Å²) < 4.78 is 18.9. The lowest BCUT2D eigenvalue weighted by atomic mass is 10.2. The van der Waals surface area contributed by atoms with Gasteiger partial charge in [0, 0.05) is 12.1 Å². The molecule has 0 aliphatic carbocycles. The number of amides is 1. The molecule has 2 rings (SSSR count). The first kappa shape index (κ1) is 17.0. The summed E-state index contributed by atoms with van der Waals surface area (Å²) in [6.07, 6.45) is 0. The number of ether oxygens (including phenoxy) is 1. The average Bonchev–Trinajstić information content (AvgIpc) is 2.49. The highest BCUT2D eigenvalue weighted by Gasteiger charge is 2.12. The summed E-state index contributed by atoms with van der Waals surface area (Å²) in [7, 11) is 3.34. The maximum absolute atomic E-state index is 13.6. The predicted molar refractivity (Wildman–Crippen MR) is 89.1 cm³/mol. The molecule has 0 unspecified atom stereocenters. The Morgan fingerprint density at radius 3 is 2.70 bits per heavy atom. The van der Waals surface area contributed by atoms with Crippen molar-refractivity contribution in [3.63, 3.8) is 0 Å². The molecule has 1 amide bonds. The monoisotopic (exact) mass is 316 g/mol. The fourth-order valence-electron chi connectivity index (χ4n) is 2.33. The molecule has 0 radical (unpaired) electrons. The molecule has 0 aliphatic heterocycles. The van der Waals surface area contributed by atoms with E-state index in [-0.39, 0.29) is 18.3 Å². The van der Waals surface area contributed by atoms with Gasteiger partial charge in [0.05, 0.1) is 19.3 Å². The first-order valence-electron chi connectivity index (χ1n) is 7.36. The molecule has 4 nitrogen and oxygen atoms in total. The van der Waals surface area contributed by atoms with E-state index in [1.165, 1.54) is 6.07 Å². The van der Waals surface area contributed by atoms with Crippen LogP contribution in [0.15, 0.2) is 42.5 Å². The summed E-state index contributed by atoms with van der Waals surface area (Å²) in [5, 5.41) is 2.83. The zero-order valence-corrected chi connectivity index (χ0v) is 13.6. The average molecular weight is 316 g/mol. The van der Waals surface area contributed by atoms with Crippen molar-refractivity contribution in [3.05, 3.63) is 59.4 Å². The van der Waals surface area contributed by atoms with Gasteiger partial charge in [-0.05, 0) is 37.7 Å². The van der Waals surface area contributed by atoms with Gasteiger partial charge in [0.2, 0.25) is 5.91 Å². The Labute approximate surface area is 135 Å². The highest BCUT2D eigenvalue weighted by Crippen LogP contribution is 2.25. The summed E-state index contributed by atoms with van der Waals surface area (Å²) in [5.41, 5.74) is 2.23. The van der Waals surface area contributed by atoms with E-state index in [9.17, 15) is 9.18 Å². The molecular weight excluding hydrogens is 295 g/mol. The molecule has 2 aromatic rings. The maximum Gasteiger partial charge on any atom is 0.238 e. The van der Waals surface area contributed by atoms with Crippen LogP contribution in [-0.4, -0.2) is 31.5 Å². The molecular formula is C18H21FN2O2. The first-order chi connectivity index (χ1) is 11.0. The second-order valence-corrected chi connectivity index (χ2v) is 5.52. The van der Waals surface area contributed by atoms with E-state index in [1.54, 1.807) is 37.3 Å². The van der Waals surface area contributed by atoms with E-state index in [0.717, 1.165) is 5.56 Å². The molecule has 0 saturated heterocycles. The van der Waals surface area contributed by atoms with Gasteiger partial charge in [0.25, 0.3) is 0 Å². The van der Waals surface area contributed by atoms with Gasteiger partial charge in [-0.3, -0.25) is 9.69 Å². The van der Waals surface area contributed by atoms with Crippen LogP contribution < -0.4 is 10.1 Å². The SMILES string of the molecule is COc1ccc(C)cc1NC(=O)CN(C)Cc1ccccc1F. The highest BCUT2D eigenvalue weighted by atomic mass is 19.1. The Morgan fingerprint density at radius 1 is 1.26 bits per heavy atom.